The Labute approximate surface area is 75.5 Å². The molecule has 1 heterocycles. The number of nitrogens with one attached hydrogen (secondary N) is 1. The molecule has 0 saturated carbocycles. The van der Waals surface area contributed by atoms with Crippen LogP contribution in [0.2, 0.25) is 0 Å². The number of rotatable bonds is 1. The molecule has 0 radical (unpaired) electrons. The molecule has 1 N–H and O–H groups in total. The Hall–Kier alpha value is -1.71. The largest absolute Gasteiger partial charge is 0.497 e. The van der Waals surface area contributed by atoms with E-state index in [1.165, 1.54) is 0 Å². The third kappa shape index (κ3) is 1.42. The monoisotopic (exact) mass is 179 g/mol. The van der Waals surface area contributed by atoms with E-state index in [9.17, 15) is 4.79 Å². The van der Waals surface area contributed by atoms with Crippen molar-refractivity contribution in [2.24, 2.45) is 0 Å². The maximum atomic E-state index is 10.8. The number of hydrogen-bond acceptors (Lipinski definition) is 3. The van der Waals surface area contributed by atoms with Crippen LogP contribution in [-0.2, 0) is 6.54 Å². The van der Waals surface area contributed by atoms with E-state index in [-0.39, 0.29) is 0 Å². The number of benzene rings is 1. The average Bonchev–Trinajstić information content (AvgIpc) is 2.17. The molecule has 0 atom stereocenters. The van der Waals surface area contributed by atoms with Gasteiger partial charge in [-0.3, -0.25) is 0 Å². The molecule has 0 fully saturated rings. The van der Waals surface area contributed by atoms with Crippen LogP contribution >= 0.6 is 0 Å². The van der Waals surface area contributed by atoms with Crippen molar-refractivity contribution in [2.75, 3.05) is 7.11 Å². The maximum Gasteiger partial charge on any atom is 0.412 e. The normalized spacial score (nSPS) is 14.1. The first-order valence-corrected chi connectivity index (χ1v) is 3.92. The minimum Gasteiger partial charge on any atom is -0.497 e. The molecule has 0 aliphatic carbocycles. The molecule has 1 aromatic carbocycles. The van der Waals surface area contributed by atoms with Gasteiger partial charge in [0.05, 0.1) is 7.11 Å². The lowest BCUT2D eigenvalue weighted by Crippen LogP contribution is -2.31. The summed E-state index contributed by atoms with van der Waals surface area (Å²) >= 11 is 0. The summed E-state index contributed by atoms with van der Waals surface area (Å²) in [5.74, 6) is 1.36. The van der Waals surface area contributed by atoms with Gasteiger partial charge in [-0.15, -0.1) is 0 Å². The van der Waals surface area contributed by atoms with E-state index in [1.807, 2.05) is 6.07 Å². The Kier molecular flexibility index (Phi) is 1.81. The molecule has 0 aromatic heterocycles. The van der Waals surface area contributed by atoms with Crippen molar-refractivity contribution >= 4 is 6.09 Å². The molecule has 0 unspecified atom stereocenters. The number of amides is 1. The predicted octanol–water partition coefficient (Wildman–Crippen LogP) is 1.30. The summed E-state index contributed by atoms with van der Waals surface area (Å²) < 4.78 is 9.96. The van der Waals surface area contributed by atoms with Gasteiger partial charge >= 0.3 is 6.09 Å². The smallest absolute Gasteiger partial charge is 0.412 e. The highest BCUT2D eigenvalue weighted by atomic mass is 16.6. The second kappa shape index (κ2) is 2.97. The zero-order valence-electron chi connectivity index (χ0n) is 7.16. The highest BCUT2D eigenvalue weighted by Gasteiger charge is 2.15. The third-order valence-electron chi connectivity index (χ3n) is 1.89. The van der Waals surface area contributed by atoms with E-state index in [0.29, 0.717) is 12.3 Å². The highest BCUT2D eigenvalue weighted by molar-refractivity contribution is 5.73. The van der Waals surface area contributed by atoms with Gasteiger partial charge in [-0.1, -0.05) is 0 Å². The zero-order chi connectivity index (χ0) is 9.26. The minimum absolute atomic E-state index is 0.405. The molecular weight excluding hydrogens is 170 g/mol. The van der Waals surface area contributed by atoms with Crippen molar-refractivity contribution in [3.63, 3.8) is 0 Å². The molecular formula is C9H9NO3. The molecule has 1 amide bonds. The SMILES string of the molecule is COc1ccc2c(c1)CNC(=O)O2. The summed E-state index contributed by atoms with van der Waals surface area (Å²) in [5.41, 5.74) is 0.930. The highest BCUT2D eigenvalue weighted by Crippen LogP contribution is 2.26. The molecule has 68 valence electrons. The molecule has 4 heteroatoms. The third-order valence-corrected chi connectivity index (χ3v) is 1.89. The number of hydrogen-bond donors (Lipinski definition) is 1. The lowest BCUT2D eigenvalue weighted by atomic mass is 10.2. The summed E-state index contributed by atoms with van der Waals surface area (Å²) in [7, 11) is 1.60. The van der Waals surface area contributed by atoms with Gasteiger partial charge in [0.15, 0.2) is 0 Å². The summed E-state index contributed by atoms with van der Waals surface area (Å²) in [4.78, 5) is 10.8. The van der Waals surface area contributed by atoms with Crippen molar-refractivity contribution < 1.29 is 14.3 Å². The van der Waals surface area contributed by atoms with Crippen LogP contribution in [0.1, 0.15) is 5.56 Å². The van der Waals surface area contributed by atoms with Crippen molar-refractivity contribution in [3.05, 3.63) is 23.8 Å². The fourth-order valence-corrected chi connectivity index (χ4v) is 1.22. The Morgan fingerprint density at radius 3 is 3.15 bits per heavy atom. The molecule has 2 rings (SSSR count). The van der Waals surface area contributed by atoms with Crippen molar-refractivity contribution in [1.29, 1.82) is 0 Å². The molecule has 1 aromatic rings. The molecule has 0 saturated heterocycles. The van der Waals surface area contributed by atoms with Crippen molar-refractivity contribution in [2.45, 2.75) is 6.54 Å². The van der Waals surface area contributed by atoms with Crippen LogP contribution in [0.3, 0.4) is 0 Å². The zero-order valence-corrected chi connectivity index (χ0v) is 7.16. The molecule has 4 nitrogen and oxygen atoms in total. The van der Waals surface area contributed by atoms with E-state index in [2.05, 4.69) is 5.32 Å². The predicted molar refractivity (Wildman–Crippen MR) is 45.9 cm³/mol. The van der Waals surface area contributed by atoms with Gasteiger partial charge in [0, 0.05) is 12.1 Å². The lowest BCUT2D eigenvalue weighted by Gasteiger charge is -2.17. The number of methoxy groups -OCH3 is 1. The van der Waals surface area contributed by atoms with Crippen LogP contribution < -0.4 is 14.8 Å². The standard InChI is InChI=1S/C9H9NO3/c1-12-7-2-3-8-6(4-7)5-10-9(11)13-8/h2-4H,5H2,1H3,(H,10,11). The van der Waals surface area contributed by atoms with Gasteiger partial charge in [0.1, 0.15) is 11.5 Å². The summed E-state index contributed by atoms with van der Waals surface area (Å²) in [6, 6.07) is 5.33. The van der Waals surface area contributed by atoms with Crippen LogP contribution in [0.5, 0.6) is 11.5 Å². The van der Waals surface area contributed by atoms with Crippen LogP contribution in [-0.4, -0.2) is 13.2 Å². The van der Waals surface area contributed by atoms with Crippen LogP contribution in [0.25, 0.3) is 0 Å². The van der Waals surface area contributed by atoms with Gasteiger partial charge in [0.2, 0.25) is 0 Å². The summed E-state index contributed by atoms with van der Waals surface area (Å²) in [6.07, 6.45) is -0.405. The van der Waals surface area contributed by atoms with Crippen LogP contribution in [0, 0.1) is 0 Å². The van der Waals surface area contributed by atoms with E-state index in [0.717, 1.165) is 11.3 Å². The van der Waals surface area contributed by atoms with Crippen molar-refractivity contribution in [3.8, 4) is 11.5 Å². The lowest BCUT2D eigenvalue weighted by molar-refractivity contribution is 0.194. The molecule has 1 aliphatic heterocycles. The van der Waals surface area contributed by atoms with Gasteiger partial charge in [-0.2, -0.15) is 0 Å². The van der Waals surface area contributed by atoms with Crippen molar-refractivity contribution in [1.82, 2.24) is 5.32 Å². The fourth-order valence-electron chi connectivity index (χ4n) is 1.22. The topological polar surface area (TPSA) is 47.6 Å². The van der Waals surface area contributed by atoms with Crippen LogP contribution in [0.15, 0.2) is 18.2 Å². The van der Waals surface area contributed by atoms with E-state index in [1.54, 1.807) is 19.2 Å². The van der Waals surface area contributed by atoms with Crippen LogP contribution in [0.4, 0.5) is 4.79 Å². The quantitative estimate of drug-likeness (QED) is 0.706. The summed E-state index contributed by atoms with van der Waals surface area (Å²) in [6.45, 7) is 0.491. The first kappa shape index (κ1) is 7.91. The Bertz CT molecular complexity index is 349. The van der Waals surface area contributed by atoms with Gasteiger partial charge < -0.3 is 14.8 Å². The van der Waals surface area contributed by atoms with Gasteiger partial charge in [-0.05, 0) is 18.2 Å². The number of carbonyl (C=O) groups is 1. The molecule has 1 aliphatic rings. The Balaban J connectivity index is 2.36. The first-order chi connectivity index (χ1) is 6.29. The number of carbonyl (C=O) groups excluding carboxylic acids is 1. The van der Waals surface area contributed by atoms with E-state index >= 15 is 0 Å². The number of fused-ring (bicyclic) bond motifs is 1. The molecule has 13 heavy (non-hydrogen) atoms. The van der Waals surface area contributed by atoms with Gasteiger partial charge in [0.25, 0.3) is 0 Å². The Morgan fingerprint density at radius 1 is 1.54 bits per heavy atom. The van der Waals surface area contributed by atoms with E-state index in [4.69, 9.17) is 9.47 Å². The minimum atomic E-state index is -0.405. The Morgan fingerprint density at radius 2 is 2.38 bits per heavy atom. The first-order valence-electron chi connectivity index (χ1n) is 3.92. The second-order valence-electron chi connectivity index (χ2n) is 2.72. The van der Waals surface area contributed by atoms with Gasteiger partial charge in [-0.25, -0.2) is 4.79 Å². The summed E-state index contributed by atoms with van der Waals surface area (Å²) in [5, 5.41) is 2.57. The maximum absolute atomic E-state index is 10.8. The van der Waals surface area contributed by atoms with E-state index < -0.39 is 6.09 Å². The average molecular weight is 179 g/mol. The second-order valence-corrected chi connectivity index (χ2v) is 2.72. The fraction of sp³-hybridized carbons (Fsp3) is 0.222. The molecule has 0 spiro atoms. The molecule has 0 bridgehead atoms. The number of ether oxygens (including phenoxy) is 2.